The number of hydrogen-bond acceptors (Lipinski definition) is 4. The molecule has 0 amide bonds. The highest BCUT2D eigenvalue weighted by molar-refractivity contribution is 7.98. The number of hydrogen-bond donors (Lipinski definition) is 1. The van der Waals surface area contributed by atoms with E-state index >= 15 is 0 Å². The Kier molecular flexibility index (Phi) is 3.24. The van der Waals surface area contributed by atoms with Crippen LogP contribution in [0, 0.1) is 5.82 Å². The van der Waals surface area contributed by atoms with Gasteiger partial charge in [0.1, 0.15) is 5.82 Å². The van der Waals surface area contributed by atoms with Crippen molar-refractivity contribution < 1.29 is 4.39 Å². The molecule has 1 unspecified atom stereocenters. The number of benzene rings is 2. The van der Waals surface area contributed by atoms with Gasteiger partial charge in [-0.3, -0.25) is 4.98 Å². The number of pyridine rings is 1. The second-order valence-electron chi connectivity index (χ2n) is 5.30. The predicted octanol–water partition coefficient (Wildman–Crippen LogP) is 4.38. The molecule has 1 aliphatic heterocycles. The van der Waals surface area contributed by atoms with Crippen LogP contribution in [0.5, 0.6) is 0 Å². The monoisotopic (exact) mass is 311 g/mol. The minimum Gasteiger partial charge on any atom is -0.314 e. The van der Waals surface area contributed by atoms with Crippen molar-refractivity contribution in [1.82, 2.24) is 9.29 Å². The maximum atomic E-state index is 13.6. The minimum absolute atomic E-state index is 0.0108. The van der Waals surface area contributed by atoms with Crippen LogP contribution in [0.25, 0.3) is 10.9 Å². The van der Waals surface area contributed by atoms with E-state index < -0.39 is 0 Å². The van der Waals surface area contributed by atoms with Crippen LogP contribution in [0.1, 0.15) is 17.2 Å². The van der Waals surface area contributed by atoms with Crippen LogP contribution in [0.4, 0.5) is 10.1 Å². The van der Waals surface area contributed by atoms with Crippen molar-refractivity contribution >= 4 is 28.7 Å². The number of anilines is 1. The van der Waals surface area contributed by atoms with E-state index in [1.54, 1.807) is 18.3 Å². The van der Waals surface area contributed by atoms with Crippen molar-refractivity contribution in [3.05, 3.63) is 71.7 Å². The van der Waals surface area contributed by atoms with E-state index in [9.17, 15) is 4.39 Å². The number of rotatable bonds is 1. The van der Waals surface area contributed by atoms with Crippen molar-refractivity contribution in [3.63, 3.8) is 0 Å². The van der Waals surface area contributed by atoms with Gasteiger partial charge in [0, 0.05) is 36.3 Å². The second kappa shape index (κ2) is 5.26. The lowest BCUT2D eigenvalue weighted by Crippen LogP contribution is -2.26. The minimum atomic E-state index is -0.213. The van der Waals surface area contributed by atoms with Gasteiger partial charge in [0.05, 0.1) is 17.2 Å². The van der Waals surface area contributed by atoms with Crippen molar-refractivity contribution in [1.29, 1.82) is 0 Å². The summed E-state index contributed by atoms with van der Waals surface area (Å²) in [6.07, 6.45) is 1.80. The summed E-state index contributed by atoms with van der Waals surface area (Å²) in [5.74, 6) is -0.213. The zero-order valence-corrected chi connectivity index (χ0v) is 12.8. The van der Waals surface area contributed by atoms with Crippen LogP contribution in [0.3, 0.4) is 0 Å². The lowest BCUT2D eigenvalue weighted by Gasteiger charge is -2.34. The van der Waals surface area contributed by atoms with E-state index in [1.807, 2.05) is 25.2 Å². The molecule has 1 aliphatic rings. The van der Waals surface area contributed by atoms with Crippen molar-refractivity contribution in [2.45, 2.75) is 6.04 Å². The van der Waals surface area contributed by atoms with E-state index in [1.165, 1.54) is 18.2 Å². The molecule has 0 bridgehead atoms. The largest absolute Gasteiger partial charge is 0.314 e. The maximum Gasteiger partial charge on any atom is 0.123 e. The number of fused-ring (bicyclic) bond motifs is 3. The van der Waals surface area contributed by atoms with Gasteiger partial charge in [0.15, 0.2) is 0 Å². The third-order valence-corrected chi connectivity index (χ3v) is 4.72. The summed E-state index contributed by atoms with van der Waals surface area (Å²) >= 11 is 1.51. The molecule has 2 aromatic carbocycles. The molecular formula is C17H14FN3S. The highest BCUT2D eigenvalue weighted by Gasteiger charge is 2.28. The molecule has 22 heavy (non-hydrogen) atoms. The summed E-state index contributed by atoms with van der Waals surface area (Å²) in [6, 6.07) is 14.9. The van der Waals surface area contributed by atoms with E-state index in [0.717, 1.165) is 27.7 Å². The van der Waals surface area contributed by atoms with Crippen LogP contribution < -0.4 is 4.72 Å². The standard InChI is InChI=1S/C17H14FN3S/c1-21-17(12-4-2-6-13(18)10-12)14-8-7-11-5-3-9-19-15(11)16(14)20-22-21/h2-10,17,20H,1H3. The Balaban J connectivity index is 1.93. The maximum absolute atomic E-state index is 13.6. The fraction of sp³-hybridized carbons (Fsp3) is 0.118. The fourth-order valence-electron chi connectivity index (χ4n) is 2.93. The molecule has 2 heterocycles. The third kappa shape index (κ3) is 2.14. The Bertz CT molecular complexity index is 852. The second-order valence-corrected chi connectivity index (χ2v) is 6.26. The quantitative estimate of drug-likeness (QED) is 0.675. The number of nitrogens with zero attached hydrogens (tertiary/aromatic N) is 2. The van der Waals surface area contributed by atoms with Gasteiger partial charge in [-0.15, -0.1) is 0 Å². The summed E-state index contributed by atoms with van der Waals surface area (Å²) in [4.78, 5) is 4.50. The highest BCUT2D eigenvalue weighted by Crippen LogP contribution is 2.43. The Hall–Kier alpha value is -2.11. The normalized spacial score (nSPS) is 18.0. The Morgan fingerprint density at radius 3 is 2.95 bits per heavy atom. The number of nitrogens with one attached hydrogen (secondary N) is 1. The van der Waals surface area contributed by atoms with Gasteiger partial charge in [0.2, 0.25) is 0 Å². The third-order valence-electron chi connectivity index (χ3n) is 3.92. The molecule has 1 aromatic heterocycles. The predicted molar refractivity (Wildman–Crippen MR) is 89.0 cm³/mol. The van der Waals surface area contributed by atoms with Gasteiger partial charge in [-0.25, -0.2) is 8.70 Å². The molecule has 4 rings (SSSR count). The highest BCUT2D eigenvalue weighted by atomic mass is 32.2. The van der Waals surface area contributed by atoms with Crippen LogP contribution in [-0.2, 0) is 0 Å². The van der Waals surface area contributed by atoms with E-state index in [2.05, 4.69) is 26.1 Å². The summed E-state index contributed by atoms with van der Waals surface area (Å²) in [6.45, 7) is 0. The first-order chi connectivity index (χ1) is 10.7. The molecule has 0 fully saturated rings. The first-order valence-corrected chi connectivity index (χ1v) is 7.80. The Morgan fingerprint density at radius 2 is 2.09 bits per heavy atom. The first-order valence-electron chi connectivity index (χ1n) is 7.03. The molecule has 3 nitrogen and oxygen atoms in total. The topological polar surface area (TPSA) is 28.2 Å². The molecule has 0 spiro atoms. The number of halogens is 1. The molecule has 0 saturated carbocycles. The summed E-state index contributed by atoms with van der Waals surface area (Å²) in [5.41, 5.74) is 4.00. The SMILES string of the molecule is CN1SNc2c(ccc3cccnc23)C1c1cccc(F)c1. The van der Waals surface area contributed by atoms with Crippen LogP contribution in [-0.4, -0.2) is 16.3 Å². The van der Waals surface area contributed by atoms with Crippen LogP contribution in [0.15, 0.2) is 54.7 Å². The lowest BCUT2D eigenvalue weighted by atomic mass is 9.95. The fourth-order valence-corrected chi connectivity index (χ4v) is 3.72. The van der Waals surface area contributed by atoms with Crippen LogP contribution >= 0.6 is 12.1 Å². The van der Waals surface area contributed by atoms with Crippen molar-refractivity contribution in [2.24, 2.45) is 0 Å². The summed E-state index contributed by atoms with van der Waals surface area (Å²) in [5, 5.41) is 1.09. The lowest BCUT2D eigenvalue weighted by molar-refractivity contribution is 0.476. The Labute approximate surface area is 132 Å². The zero-order chi connectivity index (χ0) is 15.1. The van der Waals surface area contributed by atoms with Gasteiger partial charge < -0.3 is 4.72 Å². The average Bonchev–Trinajstić information content (AvgIpc) is 2.54. The van der Waals surface area contributed by atoms with Gasteiger partial charge >= 0.3 is 0 Å². The smallest absolute Gasteiger partial charge is 0.123 e. The van der Waals surface area contributed by atoms with Gasteiger partial charge in [-0.1, -0.05) is 30.3 Å². The molecule has 0 saturated heterocycles. The van der Waals surface area contributed by atoms with E-state index in [-0.39, 0.29) is 11.9 Å². The average molecular weight is 311 g/mol. The number of aromatic nitrogens is 1. The first kappa shape index (κ1) is 13.5. The molecule has 0 radical (unpaired) electrons. The molecular weight excluding hydrogens is 297 g/mol. The molecule has 110 valence electrons. The molecule has 0 aliphatic carbocycles. The van der Waals surface area contributed by atoms with Crippen molar-refractivity contribution in [3.8, 4) is 0 Å². The molecule has 1 atom stereocenters. The van der Waals surface area contributed by atoms with Gasteiger partial charge in [0.25, 0.3) is 0 Å². The van der Waals surface area contributed by atoms with Crippen LogP contribution in [0.2, 0.25) is 0 Å². The molecule has 3 aromatic rings. The summed E-state index contributed by atoms with van der Waals surface area (Å²) < 4.78 is 19.1. The molecule has 5 heteroatoms. The zero-order valence-electron chi connectivity index (χ0n) is 12.0. The van der Waals surface area contributed by atoms with Crippen molar-refractivity contribution in [2.75, 3.05) is 11.8 Å². The van der Waals surface area contributed by atoms with Gasteiger partial charge in [-0.05, 0) is 23.8 Å². The van der Waals surface area contributed by atoms with E-state index in [4.69, 9.17) is 0 Å². The Morgan fingerprint density at radius 1 is 1.18 bits per heavy atom. The van der Waals surface area contributed by atoms with Gasteiger partial charge in [-0.2, -0.15) is 0 Å². The van der Waals surface area contributed by atoms with E-state index in [0.29, 0.717) is 0 Å². The molecule has 1 N–H and O–H groups in total. The summed E-state index contributed by atoms with van der Waals surface area (Å²) in [7, 11) is 2.00.